The average molecular weight is 513 g/mol. The summed E-state index contributed by atoms with van der Waals surface area (Å²) in [5.41, 5.74) is 1.66. The van der Waals surface area contributed by atoms with Crippen molar-refractivity contribution in [1.82, 2.24) is 9.62 Å². The summed E-state index contributed by atoms with van der Waals surface area (Å²) in [6, 6.07) is 3.28. The third-order valence-electron chi connectivity index (χ3n) is 6.89. The molecule has 3 atom stereocenters. The topological polar surface area (TPSA) is 88.1 Å². The molecule has 4 rings (SSSR count). The van der Waals surface area contributed by atoms with Gasteiger partial charge in [-0.15, -0.1) is 0 Å². The van der Waals surface area contributed by atoms with Crippen molar-refractivity contribution in [2.24, 2.45) is 5.92 Å². The average Bonchev–Trinajstić information content (AvgIpc) is 3.54. The minimum Gasteiger partial charge on any atom is -0.508 e. The number of aromatic hydroxyl groups is 1. The zero-order chi connectivity index (χ0) is 24.8. The molecule has 3 fully saturated rings. The second-order valence-corrected chi connectivity index (χ2v) is 13.6. The molecule has 2 N–H and O–H groups in total. The maximum absolute atomic E-state index is 13.1. The molecule has 1 aromatic rings. The molecule has 0 spiro atoms. The molecule has 1 unspecified atom stereocenters. The Kier molecular flexibility index (Phi) is 7.38. The zero-order valence-electron chi connectivity index (χ0n) is 20.7. The summed E-state index contributed by atoms with van der Waals surface area (Å²) in [5.74, 6) is -0.100. The zero-order valence-corrected chi connectivity index (χ0v) is 22.3. The number of hydrogen-bond acceptors (Lipinski definition) is 5. The molecular formula is C25H37ClN2O5S. The van der Waals surface area contributed by atoms with E-state index in [2.05, 4.69) is 4.72 Å². The minimum absolute atomic E-state index is 0.0496. The van der Waals surface area contributed by atoms with Gasteiger partial charge in [0.25, 0.3) is 5.91 Å². The van der Waals surface area contributed by atoms with Gasteiger partial charge in [-0.25, -0.2) is 8.93 Å². The molecule has 34 heavy (non-hydrogen) atoms. The number of benzene rings is 1. The van der Waals surface area contributed by atoms with E-state index in [1.165, 1.54) is 0 Å². The molecule has 2 heterocycles. The van der Waals surface area contributed by atoms with Crippen LogP contribution in [0.1, 0.15) is 83.4 Å². The molecular weight excluding hydrogens is 476 g/mol. The van der Waals surface area contributed by atoms with Gasteiger partial charge in [0.1, 0.15) is 5.75 Å². The Morgan fingerprint density at radius 2 is 1.88 bits per heavy atom. The molecule has 1 amide bonds. The molecule has 0 bridgehead atoms. The molecule has 1 aromatic carbocycles. The van der Waals surface area contributed by atoms with Crippen LogP contribution in [0, 0.1) is 5.92 Å². The number of nitrogens with zero attached hydrogens (tertiary/aromatic N) is 1. The van der Waals surface area contributed by atoms with Gasteiger partial charge in [-0.05, 0) is 89.8 Å². The van der Waals surface area contributed by atoms with Crippen molar-refractivity contribution in [2.75, 3.05) is 19.7 Å². The highest BCUT2D eigenvalue weighted by Crippen LogP contribution is 2.47. The van der Waals surface area contributed by atoms with Crippen LogP contribution in [0.4, 0.5) is 0 Å². The lowest BCUT2D eigenvalue weighted by Gasteiger charge is -2.38. The predicted octanol–water partition coefficient (Wildman–Crippen LogP) is 4.41. The van der Waals surface area contributed by atoms with Crippen LogP contribution in [-0.2, 0) is 25.3 Å². The Bertz CT molecular complexity index is 951. The van der Waals surface area contributed by atoms with Crippen molar-refractivity contribution in [3.05, 3.63) is 28.3 Å². The van der Waals surface area contributed by atoms with Crippen LogP contribution in [-0.4, -0.2) is 56.5 Å². The maximum Gasteiger partial charge on any atom is 0.254 e. The summed E-state index contributed by atoms with van der Waals surface area (Å²) >= 11 is 6.61. The predicted molar refractivity (Wildman–Crippen MR) is 133 cm³/mol. The highest BCUT2D eigenvalue weighted by molar-refractivity contribution is 7.84. The van der Waals surface area contributed by atoms with E-state index in [4.69, 9.17) is 21.1 Å². The summed E-state index contributed by atoms with van der Waals surface area (Å²) in [6.07, 6.45) is 3.03. The fourth-order valence-corrected chi connectivity index (χ4v) is 5.95. The number of ether oxygens (including phenoxy) is 2. The first-order chi connectivity index (χ1) is 15.9. The van der Waals surface area contributed by atoms with E-state index >= 15 is 0 Å². The smallest absolute Gasteiger partial charge is 0.254 e. The molecule has 190 valence electrons. The van der Waals surface area contributed by atoms with E-state index in [0.29, 0.717) is 42.4 Å². The number of piperidine rings is 1. The van der Waals surface area contributed by atoms with E-state index in [9.17, 15) is 14.1 Å². The number of carbonyl (C=O) groups is 1. The number of phenols is 1. The maximum atomic E-state index is 13.1. The first-order valence-electron chi connectivity index (χ1n) is 12.2. The molecule has 1 saturated carbocycles. The fraction of sp³-hybridized carbons (Fsp3) is 0.720. The Labute approximate surface area is 210 Å². The Balaban J connectivity index is 1.51. The van der Waals surface area contributed by atoms with Crippen molar-refractivity contribution in [3.8, 4) is 5.75 Å². The molecule has 2 aliphatic heterocycles. The number of hydrogen-bond donors (Lipinski definition) is 2. The lowest BCUT2D eigenvalue weighted by atomic mass is 9.85. The van der Waals surface area contributed by atoms with Crippen LogP contribution in [0.15, 0.2) is 12.1 Å². The van der Waals surface area contributed by atoms with E-state index in [1.807, 2.05) is 45.6 Å². The number of likely N-dealkylation sites (tertiary alicyclic amines) is 1. The summed E-state index contributed by atoms with van der Waals surface area (Å²) < 4.78 is 27.2. The standard InChI is InChI=1S/C25H37ClN2O5S/c1-24(2,3)34(31)27-22(18-12-19(26)17(13-20(18)29)15-6-7-15)16-8-10-28(11-9-16)23(30)21-14-32-25(4,5)33-21/h12-13,15-16,21-22,27,29H,6-11,14H2,1-5H3/t21-,22-,34?/m1/s1. The van der Waals surface area contributed by atoms with E-state index in [0.717, 1.165) is 18.4 Å². The third-order valence-corrected chi connectivity index (χ3v) is 8.80. The van der Waals surface area contributed by atoms with Gasteiger partial charge in [-0.3, -0.25) is 4.79 Å². The number of carbonyl (C=O) groups excluding carboxylic acids is 1. The van der Waals surface area contributed by atoms with Gasteiger partial charge in [0.2, 0.25) is 0 Å². The first-order valence-corrected chi connectivity index (χ1v) is 13.7. The molecule has 1 aliphatic carbocycles. The molecule has 7 nitrogen and oxygen atoms in total. The first kappa shape index (κ1) is 25.9. The summed E-state index contributed by atoms with van der Waals surface area (Å²) in [4.78, 5) is 14.8. The number of nitrogens with one attached hydrogen (secondary N) is 1. The summed E-state index contributed by atoms with van der Waals surface area (Å²) in [7, 11) is -1.34. The van der Waals surface area contributed by atoms with Crippen LogP contribution in [0.3, 0.4) is 0 Å². The normalized spacial score (nSPS) is 25.4. The quantitative estimate of drug-likeness (QED) is 0.589. The van der Waals surface area contributed by atoms with Crippen molar-refractivity contribution in [1.29, 1.82) is 0 Å². The van der Waals surface area contributed by atoms with Crippen molar-refractivity contribution >= 4 is 28.5 Å². The minimum atomic E-state index is -1.34. The molecule has 2 saturated heterocycles. The van der Waals surface area contributed by atoms with E-state index in [-0.39, 0.29) is 30.2 Å². The third kappa shape index (κ3) is 5.78. The number of amides is 1. The van der Waals surface area contributed by atoms with E-state index < -0.39 is 27.6 Å². The number of halogens is 1. The van der Waals surface area contributed by atoms with Crippen LogP contribution >= 0.6 is 11.6 Å². The SMILES string of the molecule is CC1(C)OC[C@H](C(=O)N2CCC([C@@H](NS(=O)C(C)(C)C)c3cc(Cl)c(C4CC4)cc3O)CC2)O1. The Hall–Kier alpha value is -1.19. The van der Waals surface area contributed by atoms with Gasteiger partial charge in [-0.1, -0.05) is 11.6 Å². The van der Waals surface area contributed by atoms with Gasteiger partial charge in [-0.2, -0.15) is 0 Å². The van der Waals surface area contributed by atoms with Crippen molar-refractivity contribution < 1.29 is 23.6 Å². The van der Waals surface area contributed by atoms with Crippen LogP contribution in [0.5, 0.6) is 5.75 Å². The molecule has 0 aromatic heterocycles. The summed E-state index contributed by atoms with van der Waals surface area (Å²) in [6.45, 7) is 10.8. The lowest BCUT2D eigenvalue weighted by molar-refractivity contribution is -0.161. The van der Waals surface area contributed by atoms with Crippen LogP contribution < -0.4 is 4.72 Å². The van der Waals surface area contributed by atoms with Crippen LogP contribution in [0.2, 0.25) is 5.02 Å². The monoisotopic (exact) mass is 512 g/mol. The second kappa shape index (κ2) is 9.69. The highest BCUT2D eigenvalue weighted by Gasteiger charge is 2.41. The van der Waals surface area contributed by atoms with Crippen molar-refractivity contribution in [2.45, 2.75) is 88.9 Å². The number of phenolic OH excluding ortho intramolecular Hbond substituents is 1. The Morgan fingerprint density at radius 3 is 2.41 bits per heavy atom. The Morgan fingerprint density at radius 1 is 1.24 bits per heavy atom. The molecule has 0 radical (unpaired) electrons. The highest BCUT2D eigenvalue weighted by atomic mass is 35.5. The second-order valence-electron chi connectivity index (χ2n) is 11.2. The van der Waals surface area contributed by atoms with Gasteiger partial charge < -0.3 is 19.5 Å². The largest absolute Gasteiger partial charge is 0.508 e. The lowest BCUT2D eigenvalue weighted by Crippen LogP contribution is -2.47. The molecule has 9 heteroatoms. The van der Waals surface area contributed by atoms with Crippen molar-refractivity contribution in [3.63, 3.8) is 0 Å². The van der Waals surface area contributed by atoms with Gasteiger partial charge in [0.05, 0.1) is 28.4 Å². The van der Waals surface area contributed by atoms with Crippen LogP contribution in [0.25, 0.3) is 0 Å². The van der Waals surface area contributed by atoms with E-state index in [1.54, 1.807) is 6.07 Å². The number of rotatable bonds is 6. The van der Waals surface area contributed by atoms with Gasteiger partial charge >= 0.3 is 0 Å². The van der Waals surface area contributed by atoms with Gasteiger partial charge in [0, 0.05) is 23.7 Å². The summed E-state index contributed by atoms with van der Waals surface area (Å²) in [5, 5.41) is 11.6. The van der Waals surface area contributed by atoms with Gasteiger partial charge in [0.15, 0.2) is 11.9 Å². The fourth-order valence-electron chi connectivity index (χ4n) is 4.72. The molecule has 3 aliphatic rings.